The Bertz CT molecular complexity index is 132. The first-order valence-electron chi connectivity index (χ1n) is 5.77. The van der Waals surface area contributed by atoms with E-state index in [-0.39, 0.29) is 0 Å². The summed E-state index contributed by atoms with van der Waals surface area (Å²) in [7, 11) is 0. The molecule has 4 atom stereocenters. The van der Waals surface area contributed by atoms with Crippen LogP contribution in [0.15, 0.2) is 0 Å². The van der Waals surface area contributed by atoms with E-state index in [0.717, 1.165) is 23.7 Å². The van der Waals surface area contributed by atoms with Crippen molar-refractivity contribution < 1.29 is 0 Å². The molecule has 0 aromatic carbocycles. The summed E-state index contributed by atoms with van der Waals surface area (Å²) >= 11 is 0. The molecule has 0 bridgehead atoms. The molecule has 2 saturated carbocycles. The second-order valence-electron chi connectivity index (χ2n) is 5.23. The minimum absolute atomic E-state index is 1.00. The highest BCUT2D eigenvalue weighted by atomic mass is 14.4. The van der Waals surface area contributed by atoms with Gasteiger partial charge in [0.25, 0.3) is 0 Å². The van der Waals surface area contributed by atoms with Crippen LogP contribution in [0.1, 0.15) is 52.4 Å². The molecule has 2 aliphatic rings. The van der Waals surface area contributed by atoms with Crippen molar-refractivity contribution in [3.8, 4) is 0 Å². The fourth-order valence-electron chi connectivity index (χ4n) is 3.32. The van der Waals surface area contributed by atoms with Crippen molar-refractivity contribution in [1.82, 2.24) is 0 Å². The van der Waals surface area contributed by atoms with Crippen LogP contribution in [-0.2, 0) is 0 Å². The molecular formula is C12H22. The third kappa shape index (κ3) is 1.53. The monoisotopic (exact) mass is 166 g/mol. The Hall–Kier alpha value is 0. The average molecular weight is 166 g/mol. The maximum Gasteiger partial charge on any atom is -0.0383 e. The number of fused-ring (bicyclic) bond motifs is 1. The topological polar surface area (TPSA) is 0 Å². The van der Waals surface area contributed by atoms with Crippen LogP contribution >= 0.6 is 0 Å². The molecule has 0 spiro atoms. The highest BCUT2D eigenvalue weighted by Gasteiger charge is 2.33. The summed E-state index contributed by atoms with van der Waals surface area (Å²) in [6.07, 6.45) is 9.19. The predicted molar refractivity (Wildman–Crippen MR) is 53.0 cm³/mol. The Morgan fingerprint density at radius 1 is 0.750 bits per heavy atom. The average Bonchev–Trinajstić information content (AvgIpc) is 2.07. The van der Waals surface area contributed by atoms with E-state index in [1.165, 1.54) is 25.7 Å². The molecule has 0 nitrogen and oxygen atoms in total. The summed E-state index contributed by atoms with van der Waals surface area (Å²) in [4.78, 5) is 0. The van der Waals surface area contributed by atoms with Crippen LogP contribution < -0.4 is 0 Å². The lowest BCUT2D eigenvalue weighted by molar-refractivity contribution is 0.0942. The molecule has 2 fully saturated rings. The largest absolute Gasteiger partial charge is 0.0622 e. The van der Waals surface area contributed by atoms with E-state index in [9.17, 15) is 0 Å². The summed E-state index contributed by atoms with van der Waals surface area (Å²) < 4.78 is 0. The van der Waals surface area contributed by atoms with Gasteiger partial charge in [-0.25, -0.2) is 0 Å². The molecule has 2 aliphatic carbocycles. The molecule has 2 rings (SSSR count). The van der Waals surface area contributed by atoms with Crippen LogP contribution in [0.2, 0.25) is 0 Å². The lowest BCUT2D eigenvalue weighted by atomic mass is 9.64. The molecule has 0 radical (unpaired) electrons. The molecule has 0 aliphatic heterocycles. The normalized spacial score (nSPS) is 48.5. The van der Waals surface area contributed by atoms with Crippen molar-refractivity contribution in [3.05, 3.63) is 0 Å². The number of hydrogen-bond donors (Lipinski definition) is 0. The quantitative estimate of drug-likeness (QED) is 0.512. The lowest BCUT2D eigenvalue weighted by Gasteiger charge is -2.41. The van der Waals surface area contributed by atoms with E-state index in [0.29, 0.717) is 0 Å². The fraction of sp³-hybridized carbons (Fsp3) is 1.00. The zero-order chi connectivity index (χ0) is 8.55. The van der Waals surface area contributed by atoms with Gasteiger partial charge in [-0.1, -0.05) is 39.5 Å². The molecule has 0 heterocycles. The van der Waals surface area contributed by atoms with Gasteiger partial charge in [-0.05, 0) is 36.5 Å². The van der Waals surface area contributed by atoms with Crippen molar-refractivity contribution >= 4 is 0 Å². The summed E-state index contributed by atoms with van der Waals surface area (Å²) in [6, 6.07) is 0. The Morgan fingerprint density at radius 2 is 1.17 bits per heavy atom. The van der Waals surface area contributed by atoms with E-state index in [1.54, 1.807) is 12.8 Å². The molecule has 0 amide bonds. The third-order valence-electron chi connectivity index (χ3n) is 4.39. The van der Waals surface area contributed by atoms with Crippen LogP contribution in [0.4, 0.5) is 0 Å². The Morgan fingerprint density at radius 3 is 1.58 bits per heavy atom. The van der Waals surface area contributed by atoms with Gasteiger partial charge in [-0.15, -0.1) is 0 Å². The van der Waals surface area contributed by atoms with E-state index in [4.69, 9.17) is 0 Å². The van der Waals surface area contributed by atoms with E-state index in [1.807, 2.05) is 0 Å². The van der Waals surface area contributed by atoms with Crippen molar-refractivity contribution in [1.29, 1.82) is 0 Å². The van der Waals surface area contributed by atoms with Gasteiger partial charge in [0.2, 0.25) is 0 Å². The molecule has 0 N–H and O–H groups in total. The van der Waals surface area contributed by atoms with E-state index in [2.05, 4.69) is 13.8 Å². The highest BCUT2D eigenvalue weighted by molar-refractivity contribution is 4.84. The highest BCUT2D eigenvalue weighted by Crippen LogP contribution is 2.44. The maximum absolute atomic E-state index is 2.45. The van der Waals surface area contributed by atoms with Gasteiger partial charge in [0, 0.05) is 0 Å². The molecule has 0 aromatic rings. The van der Waals surface area contributed by atoms with Crippen molar-refractivity contribution in [3.63, 3.8) is 0 Å². The molecule has 0 heteroatoms. The maximum atomic E-state index is 2.45. The van der Waals surface area contributed by atoms with Gasteiger partial charge in [0.1, 0.15) is 0 Å². The second kappa shape index (κ2) is 3.40. The summed E-state index contributed by atoms with van der Waals surface area (Å²) in [5, 5.41) is 0. The summed E-state index contributed by atoms with van der Waals surface area (Å²) in [5.74, 6) is 4.24. The molecule has 70 valence electrons. The molecule has 0 saturated heterocycles. The molecule has 0 unspecified atom stereocenters. The lowest BCUT2D eigenvalue weighted by Crippen LogP contribution is -2.31. The smallest absolute Gasteiger partial charge is 0.0383 e. The Kier molecular flexibility index (Phi) is 2.43. The number of rotatable bonds is 0. The third-order valence-corrected chi connectivity index (χ3v) is 4.39. The van der Waals surface area contributed by atoms with Crippen LogP contribution in [0.25, 0.3) is 0 Å². The molecule has 0 aromatic heterocycles. The summed E-state index contributed by atoms with van der Waals surface area (Å²) in [5.41, 5.74) is 0. The fourth-order valence-corrected chi connectivity index (χ4v) is 3.32. The summed E-state index contributed by atoms with van der Waals surface area (Å²) in [6.45, 7) is 4.91. The second-order valence-corrected chi connectivity index (χ2v) is 5.23. The van der Waals surface area contributed by atoms with Crippen LogP contribution in [0.5, 0.6) is 0 Å². The van der Waals surface area contributed by atoms with E-state index >= 15 is 0 Å². The van der Waals surface area contributed by atoms with Crippen molar-refractivity contribution in [2.24, 2.45) is 23.7 Å². The predicted octanol–water partition coefficient (Wildman–Crippen LogP) is 3.86. The first-order chi connectivity index (χ1) is 5.77. The van der Waals surface area contributed by atoms with Gasteiger partial charge in [0.15, 0.2) is 0 Å². The van der Waals surface area contributed by atoms with Gasteiger partial charge in [-0.2, -0.15) is 0 Å². The van der Waals surface area contributed by atoms with Gasteiger partial charge < -0.3 is 0 Å². The van der Waals surface area contributed by atoms with E-state index < -0.39 is 0 Å². The molecule has 12 heavy (non-hydrogen) atoms. The van der Waals surface area contributed by atoms with Gasteiger partial charge in [-0.3, -0.25) is 0 Å². The standard InChI is InChI=1S/C12H22/c1-9-7-11-5-3-4-6-12(11)8-10(9)2/h9-12H,3-8H2,1-2H3/t9-,10-,11-,12+/m1/s1. The van der Waals surface area contributed by atoms with Crippen LogP contribution in [0, 0.1) is 23.7 Å². The zero-order valence-electron chi connectivity index (χ0n) is 8.55. The van der Waals surface area contributed by atoms with Crippen molar-refractivity contribution in [2.45, 2.75) is 52.4 Å². The number of hydrogen-bond acceptors (Lipinski definition) is 0. The van der Waals surface area contributed by atoms with Crippen molar-refractivity contribution in [2.75, 3.05) is 0 Å². The van der Waals surface area contributed by atoms with Gasteiger partial charge >= 0.3 is 0 Å². The molecular weight excluding hydrogens is 144 g/mol. The minimum Gasteiger partial charge on any atom is -0.0622 e. The first-order valence-corrected chi connectivity index (χ1v) is 5.77. The Labute approximate surface area is 76.7 Å². The minimum atomic E-state index is 1.00. The first kappa shape index (κ1) is 8.59. The Balaban J connectivity index is 1.98. The van der Waals surface area contributed by atoms with Gasteiger partial charge in [0.05, 0.1) is 0 Å². The zero-order valence-corrected chi connectivity index (χ0v) is 8.55. The SMILES string of the molecule is C[C@@H]1C[C@H]2CCCC[C@H]2C[C@H]1C. The van der Waals surface area contributed by atoms with Crippen LogP contribution in [0.3, 0.4) is 0 Å². The van der Waals surface area contributed by atoms with Crippen LogP contribution in [-0.4, -0.2) is 0 Å².